The topological polar surface area (TPSA) is 77.9 Å². The lowest BCUT2D eigenvalue weighted by atomic mass is 9.95. The molecule has 0 spiro atoms. The molecular formula is C37H43F2N7O2. The predicted molar refractivity (Wildman–Crippen MR) is 184 cm³/mol. The number of likely N-dealkylation sites (tertiary alicyclic amines) is 1. The summed E-state index contributed by atoms with van der Waals surface area (Å²) in [6.45, 7) is 6.07. The standard InChI is InChI=1S/C37H43F2N7O2/c1-24-29(38)13-12-25-9-5-10-27(31(24)25)33-32(39)34-28(21-40-33)35(42-36(41-34)48-23-37-15-7-18-46(37)19-8-16-37)44(4)26-14-20-45(22-26)30(47)11-6-17-43(2)3/h5-6,9-13,21,26H,7-8,14-20,22-23H2,1-4H3/b11-6+. The summed E-state index contributed by atoms with van der Waals surface area (Å²) in [7, 11) is 5.84. The molecule has 1 atom stereocenters. The third-order valence-electron chi connectivity index (χ3n) is 10.5. The first kappa shape index (κ1) is 32.3. The van der Waals surface area contributed by atoms with Crippen LogP contribution in [0.1, 0.15) is 37.7 Å². The van der Waals surface area contributed by atoms with Crippen LogP contribution in [-0.4, -0.2) is 108 Å². The number of amides is 1. The van der Waals surface area contributed by atoms with E-state index in [4.69, 9.17) is 9.72 Å². The molecule has 7 rings (SSSR count). The number of aromatic nitrogens is 3. The van der Waals surface area contributed by atoms with Crippen molar-refractivity contribution in [3.05, 3.63) is 65.9 Å². The van der Waals surface area contributed by atoms with Gasteiger partial charge in [-0.05, 0) is 88.6 Å². The van der Waals surface area contributed by atoms with Gasteiger partial charge in [0.05, 0.1) is 10.9 Å². The summed E-state index contributed by atoms with van der Waals surface area (Å²) in [6.07, 6.45) is 10.2. The molecule has 11 heteroatoms. The normalized spacial score (nSPS) is 19.3. The van der Waals surface area contributed by atoms with E-state index in [1.807, 2.05) is 54.1 Å². The summed E-state index contributed by atoms with van der Waals surface area (Å²) in [5.41, 5.74) is 1.09. The second-order valence-corrected chi connectivity index (χ2v) is 13.8. The number of likely N-dealkylation sites (N-methyl/N-ethyl adjacent to an activating group) is 2. The van der Waals surface area contributed by atoms with E-state index in [0.29, 0.717) is 54.0 Å². The van der Waals surface area contributed by atoms with Crippen LogP contribution in [-0.2, 0) is 4.79 Å². The van der Waals surface area contributed by atoms with Crippen molar-refractivity contribution in [1.29, 1.82) is 0 Å². The van der Waals surface area contributed by atoms with E-state index >= 15 is 4.39 Å². The Hall–Kier alpha value is -4.22. The Kier molecular flexibility index (Phi) is 8.76. The first-order chi connectivity index (χ1) is 23.1. The highest BCUT2D eigenvalue weighted by atomic mass is 19.1. The van der Waals surface area contributed by atoms with Crippen LogP contribution in [0.15, 0.2) is 48.7 Å². The smallest absolute Gasteiger partial charge is 0.319 e. The maximum atomic E-state index is 16.8. The Bertz CT molecular complexity index is 1890. The number of anilines is 1. The van der Waals surface area contributed by atoms with Crippen molar-refractivity contribution in [2.24, 2.45) is 0 Å². The van der Waals surface area contributed by atoms with Crippen LogP contribution in [0.25, 0.3) is 32.9 Å². The van der Waals surface area contributed by atoms with E-state index in [1.165, 1.54) is 6.07 Å². The summed E-state index contributed by atoms with van der Waals surface area (Å²) < 4.78 is 37.9. The molecule has 48 heavy (non-hydrogen) atoms. The lowest BCUT2D eigenvalue weighted by Crippen LogP contribution is -2.43. The molecule has 3 saturated heterocycles. The van der Waals surface area contributed by atoms with Gasteiger partial charge in [0.25, 0.3) is 0 Å². The van der Waals surface area contributed by atoms with E-state index in [1.54, 1.807) is 31.3 Å². The van der Waals surface area contributed by atoms with Crippen molar-refractivity contribution in [2.75, 3.05) is 65.4 Å². The highest BCUT2D eigenvalue weighted by Gasteiger charge is 2.45. The molecule has 2 aromatic heterocycles. The number of hydrogen-bond acceptors (Lipinski definition) is 8. The number of nitrogens with zero attached hydrogens (tertiary/aromatic N) is 7. The van der Waals surface area contributed by atoms with Crippen molar-refractivity contribution in [3.8, 4) is 17.3 Å². The van der Waals surface area contributed by atoms with Gasteiger partial charge in [-0.1, -0.05) is 30.3 Å². The number of fused-ring (bicyclic) bond motifs is 3. The van der Waals surface area contributed by atoms with Crippen molar-refractivity contribution in [1.82, 2.24) is 29.7 Å². The van der Waals surface area contributed by atoms with Crippen LogP contribution < -0.4 is 9.64 Å². The second kappa shape index (κ2) is 13.0. The molecule has 0 bridgehead atoms. The number of hydrogen-bond donors (Lipinski definition) is 0. The third-order valence-corrected chi connectivity index (χ3v) is 10.5. The number of carbonyl (C=O) groups excluding carboxylic acids is 1. The summed E-state index contributed by atoms with van der Waals surface area (Å²) in [4.78, 5) is 35.4. The van der Waals surface area contributed by atoms with Gasteiger partial charge in [-0.3, -0.25) is 14.7 Å². The summed E-state index contributed by atoms with van der Waals surface area (Å²) >= 11 is 0. The monoisotopic (exact) mass is 655 g/mol. The van der Waals surface area contributed by atoms with E-state index in [2.05, 4.69) is 14.9 Å². The third kappa shape index (κ3) is 5.87. The fourth-order valence-electron chi connectivity index (χ4n) is 7.84. The Morgan fingerprint density at radius 1 is 1.08 bits per heavy atom. The molecule has 0 N–H and O–H groups in total. The fraction of sp³-hybridized carbons (Fsp3) is 0.459. The van der Waals surface area contributed by atoms with Crippen LogP contribution in [0.2, 0.25) is 0 Å². The number of carbonyl (C=O) groups is 1. The van der Waals surface area contributed by atoms with Gasteiger partial charge in [0.1, 0.15) is 29.5 Å². The van der Waals surface area contributed by atoms with Crippen LogP contribution in [0.4, 0.5) is 14.6 Å². The molecular weight excluding hydrogens is 612 g/mol. The molecule has 0 aliphatic carbocycles. The molecule has 4 aromatic rings. The van der Waals surface area contributed by atoms with Crippen molar-refractivity contribution in [2.45, 2.75) is 50.6 Å². The zero-order valence-corrected chi connectivity index (χ0v) is 28.2. The lowest BCUT2D eigenvalue weighted by molar-refractivity contribution is -0.125. The van der Waals surface area contributed by atoms with Gasteiger partial charge < -0.3 is 19.4 Å². The number of benzene rings is 2. The molecule has 0 radical (unpaired) electrons. The molecule has 1 amide bonds. The minimum absolute atomic E-state index is 0.0274. The van der Waals surface area contributed by atoms with Gasteiger partial charge in [0, 0.05) is 50.6 Å². The Morgan fingerprint density at radius 2 is 1.88 bits per heavy atom. The molecule has 0 saturated carbocycles. The lowest BCUT2D eigenvalue weighted by Gasteiger charge is -2.31. The van der Waals surface area contributed by atoms with Crippen LogP contribution in [0, 0.1) is 18.6 Å². The maximum absolute atomic E-state index is 16.8. The molecule has 5 heterocycles. The molecule has 1 unspecified atom stereocenters. The first-order valence-corrected chi connectivity index (χ1v) is 16.9. The number of pyridine rings is 1. The Balaban J connectivity index is 1.27. The Labute approximate surface area is 280 Å². The van der Waals surface area contributed by atoms with Gasteiger partial charge >= 0.3 is 6.01 Å². The summed E-state index contributed by atoms with van der Waals surface area (Å²) in [5, 5.41) is 1.86. The minimum atomic E-state index is -0.610. The number of ether oxygens (including phenoxy) is 1. The van der Waals surface area contributed by atoms with Crippen LogP contribution in [0.3, 0.4) is 0 Å². The first-order valence-electron chi connectivity index (χ1n) is 16.9. The molecule has 9 nitrogen and oxygen atoms in total. The van der Waals surface area contributed by atoms with Crippen LogP contribution >= 0.6 is 0 Å². The number of rotatable bonds is 9. The molecule has 2 aromatic carbocycles. The van der Waals surface area contributed by atoms with Gasteiger partial charge in [0.2, 0.25) is 5.91 Å². The number of aryl methyl sites for hydroxylation is 1. The maximum Gasteiger partial charge on any atom is 0.319 e. The molecule has 3 aliphatic rings. The average Bonchev–Trinajstić information content (AvgIpc) is 3.82. The molecule has 252 valence electrons. The van der Waals surface area contributed by atoms with E-state index in [0.717, 1.165) is 50.6 Å². The van der Waals surface area contributed by atoms with Crippen molar-refractivity contribution >= 4 is 33.4 Å². The van der Waals surface area contributed by atoms with E-state index in [9.17, 15) is 9.18 Å². The number of halogens is 2. The van der Waals surface area contributed by atoms with Crippen LogP contribution in [0.5, 0.6) is 6.01 Å². The van der Waals surface area contributed by atoms with Crippen molar-refractivity contribution < 1.29 is 18.3 Å². The van der Waals surface area contributed by atoms with Gasteiger partial charge in [-0.2, -0.15) is 9.97 Å². The largest absolute Gasteiger partial charge is 0.461 e. The van der Waals surface area contributed by atoms with E-state index < -0.39 is 5.82 Å². The highest BCUT2D eigenvalue weighted by Crippen LogP contribution is 2.40. The summed E-state index contributed by atoms with van der Waals surface area (Å²) in [5.74, 6) is -0.493. The van der Waals surface area contributed by atoms with Gasteiger partial charge in [0.15, 0.2) is 5.82 Å². The minimum Gasteiger partial charge on any atom is -0.461 e. The zero-order valence-electron chi connectivity index (χ0n) is 28.2. The predicted octanol–water partition coefficient (Wildman–Crippen LogP) is 5.59. The fourth-order valence-corrected chi connectivity index (χ4v) is 7.84. The molecule has 3 aliphatic heterocycles. The van der Waals surface area contributed by atoms with E-state index in [-0.39, 0.29) is 40.5 Å². The quantitative estimate of drug-likeness (QED) is 0.216. The highest BCUT2D eigenvalue weighted by molar-refractivity contribution is 6.00. The van der Waals surface area contributed by atoms with Crippen molar-refractivity contribution in [3.63, 3.8) is 0 Å². The average molecular weight is 656 g/mol. The SMILES string of the molecule is Cc1c(F)ccc2cccc(-c3ncc4c(N(C)C5CCN(C(=O)/C=C/CN(C)C)C5)nc(OCC56CCCN5CCC6)nc4c3F)c12. The summed E-state index contributed by atoms with van der Waals surface area (Å²) in [6, 6.07) is 8.67. The van der Waals surface area contributed by atoms with Gasteiger partial charge in [-0.15, -0.1) is 0 Å². The molecule has 3 fully saturated rings. The Morgan fingerprint density at radius 3 is 2.65 bits per heavy atom. The zero-order chi connectivity index (χ0) is 33.6. The second-order valence-electron chi connectivity index (χ2n) is 13.8. The van der Waals surface area contributed by atoms with Gasteiger partial charge in [-0.25, -0.2) is 8.78 Å².